The second-order valence-corrected chi connectivity index (χ2v) is 8.93. The van der Waals surface area contributed by atoms with Gasteiger partial charge >= 0.3 is 0 Å². The lowest BCUT2D eigenvalue weighted by Gasteiger charge is -2.40. The molecule has 1 atom stereocenters. The van der Waals surface area contributed by atoms with Crippen molar-refractivity contribution in [2.75, 3.05) is 62.7 Å². The summed E-state index contributed by atoms with van der Waals surface area (Å²) in [6.07, 6.45) is 7.07. The standard InChI is InChI=1S/C23H32N6O/c1-26-19(5-4-6-22(26)30)16-27-11-13-28(14-12-27)18-7-8-21-20(15-18)23(25-17-24-21)29-9-2-3-10-29/h7-8,15,17,19H,2-6,9-14,16H2,1H3. The van der Waals surface area contributed by atoms with Crippen LogP contribution < -0.4 is 9.80 Å². The molecule has 1 unspecified atom stereocenters. The van der Waals surface area contributed by atoms with Crippen molar-refractivity contribution in [1.82, 2.24) is 19.8 Å². The summed E-state index contributed by atoms with van der Waals surface area (Å²) in [5, 5.41) is 1.17. The Labute approximate surface area is 178 Å². The molecule has 160 valence electrons. The summed E-state index contributed by atoms with van der Waals surface area (Å²) < 4.78 is 0. The lowest BCUT2D eigenvalue weighted by molar-refractivity contribution is -0.135. The quantitative estimate of drug-likeness (QED) is 0.774. The summed E-state index contributed by atoms with van der Waals surface area (Å²) in [4.78, 5) is 30.5. The molecule has 0 N–H and O–H groups in total. The highest BCUT2D eigenvalue weighted by Gasteiger charge is 2.28. The Bertz CT molecular complexity index is 904. The Morgan fingerprint density at radius 1 is 0.967 bits per heavy atom. The van der Waals surface area contributed by atoms with Crippen LogP contribution in [0.15, 0.2) is 24.5 Å². The maximum atomic E-state index is 12.0. The van der Waals surface area contributed by atoms with Crippen LogP contribution >= 0.6 is 0 Å². The fourth-order valence-electron chi connectivity index (χ4n) is 5.17. The molecule has 0 saturated carbocycles. The molecule has 0 aliphatic carbocycles. The van der Waals surface area contributed by atoms with Crippen molar-refractivity contribution in [1.29, 1.82) is 0 Å². The summed E-state index contributed by atoms with van der Waals surface area (Å²) in [6.45, 7) is 7.30. The number of rotatable bonds is 4. The summed E-state index contributed by atoms with van der Waals surface area (Å²) in [6, 6.07) is 7.00. The van der Waals surface area contributed by atoms with Gasteiger partial charge in [-0.1, -0.05) is 0 Å². The van der Waals surface area contributed by atoms with Crippen molar-refractivity contribution in [3.8, 4) is 0 Å². The average Bonchev–Trinajstić information content (AvgIpc) is 3.31. The number of nitrogens with zero attached hydrogens (tertiary/aromatic N) is 6. The van der Waals surface area contributed by atoms with Gasteiger partial charge in [0.05, 0.1) is 5.52 Å². The van der Waals surface area contributed by atoms with Crippen LogP contribution in [-0.2, 0) is 4.79 Å². The number of likely N-dealkylation sites (tertiary alicyclic amines) is 1. The van der Waals surface area contributed by atoms with Gasteiger partial charge in [-0.3, -0.25) is 9.69 Å². The Balaban J connectivity index is 1.27. The first-order valence-corrected chi connectivity index (χ1v) is 11.4. The van der Waals surface area contributed by atoms with Gasteiger partial charge in [0.2, 0.25) is 5.91 Å². The van der Waals surface area contributed by atoms with Gasteiger partial charge in [0.1, 0.15) is 12.1 Å². The number of benzene rings is 1. The van der Waals surface area contributed by atoms with Gasteiger partial charge < -0.3 is 14.7 Å². The van der Waals surface area contributed by atoms with E-state index in [4.69, 9.17) is 0 Å². The molecule has 7 heteroatoms. The highest BCUT2D eigenvalue weighted by Crippen LogP contribution is 2.30. The van der Waals surface area contributed by atoms with Crippen LogP contribution in [0.1, 0.15) is 32.1 Å². The van der Waals surface area contributed by atoms with E-state index in [0.29, 0.717) is 18.4 Å². The topological polar surface area (TPSA) is 55.8 Å². The Morgan fingerprint density at radius 3 is 2.57 bits per heavy atom. The third kappa shape index (κ3) is 3.83. The number of fused-ring (bicyclic) bond motifs is 1. The number of anilines is 2. The molecule has 2 aromatic rings. The van der Waals surface area contributed by atoms with Crippen LogP contribution in [0.3, 0.4) is 0 Å². The average molecular weight is 409 g/mol. The van der Waals surface area contributed by atoms with E-state index in [-0.39, 0.29) is 0 Å². The number of carbonyl (C=O) groups is 1. The van der Waals surface area contributed by atoms with Crippen molar-refractivity contribution in [3.05, 3.63) is 24.5 Å². The highest BCUT2D eigenvalue weighted by atomic mass is 16.2. The molecule has 3 saturated heterocycles. The van der Waals surface area contributed by atoms with Gasteiger partial charge in [0.25, 0.3) is 0 Å². The number of piperazine rings is 1. The Hall–Kier alpha value is -2.41. The lowest BCUT2D eigenvalue weighted by atomic mass is 10.0. The molecule has 3 fully saturated rings. The van der Waals surface area contributed by atoms with Crippen LogP contribution in [0.2, 0.25) is 0 Å². The Morgan fingerprint density at radius 2 is 1.77 bits per heavy atom. The van der Waals surface area contributed by atoms with Gasteiger partial charge in [0, 0.05) is 76.4 Å². The summed E-state index contributed by atoms with van der Waals surface area (Å²) >= 11 is 0. The zero-order valence-corrected chi connectivity index (χ0v) is 18.0. The van der Waals surface area contributed by atoms with Crippen LogP contribution in [0.25, 0.3) is 10.9 Å². The zero-order valence-electron chi connectivity index (χ0n) is 18.0. The maximum Gasteiger partial charge on any atom is 0.222 e. The first kappa shape index (κ1) is 19.5. The molecule has 3 aliphatic rings. The van der Waals surface area contributed by atoms with Crippen LogP contribution in [0.5, 0.6) is 0 Å². The number of hydrogen-bond acceptors (Lipinski definition) is 6. The predicted octanol–water partition coefficient (Wildman–Crippen LogP) is 2.36. The molecule has 1 aromatic heterocycles. The van der Waals surface area contributed by atoms with Gasteiger partial charge in [-0.2, -0.15) is 0 Å². The van der Waals surface area contributed by atoms with Crippen LogP contribution in [0, 0.1) is 0 Å². The van der Waals surface area contributed by atoms with Crippen molar-refractivity contribution in [2.24, 2.45) is 0 Å². The summed E-state index contributed by atoms with van der Waals surface area (Å²) in [7, 11) is 1.97. The zero-order chi connectivity index (χ0) is 20.5. The largest absolute Gasteiger partial charge is 0.369 e. The Kier molecular flexibility index (Phi) is 5.46. The molecule has 3 aliphatic heterocycles. The first-order chi connectivity index (χ1) is 14.7. The number of piperidine rings is 1. The molecular weight excluding hydrogens is 376 g/mol. The normalized spacial score (nSPS) is 23.6. The van der Waals surface area contributed by atoms with E-state index in [1.54, 1.807) is 6.33 Å². The predicted molar refractivity (Wildman–Crippen MR) is 120 cm³/mol. The second-order valence-electron chi connectivity index (χ2n) is 8.93. The smallest absolute Gasteiger partial charge is 0.222 e. The molecule has 0 radical (unpaired) electrons. The van der Waals surface area contributed by atoms with E-state index < -0.39 is 0 Å². The van der Waals surface area contributed by atoms with Gasteiger partial charge in [-0.15, -0.1) is 0 Å². The first-order valence-electron chi connectivity index (χ1n) is 11.4. The number of aromatic nitrogens is 2. The van der Waals surface area contributed by atoms with Crippen LogP contribution in [0.4, 0.5) is 11.5 Å². The molecular formula is C23H32N6O. The van der Waals surface area contributed by atoms with Crippen molar-refractivity contribution in [2.45, 2.75) is 38.1 Å². The molecule has 5 rings (SSSR count). The summed E-state index contributed by atoms with van der Waals surface area (Å²) in [5.74, 6) is 1.39. The molecule has 30 heavy (non-hydrogen) atoms. The SMILES string of the molecule is CN1C(=O)CCCC1CN1CCN(c2ccc3ncnc(N4CCCC4)c3c2)CC1. The minimum absolute atomic E-state index is 0.303. The molecule has 1 amide bonds. The van der Waals surface area contributed by atoms with E-state index in [1.807, 2.05) is 11.9 Å². The van der Waals surface area contributed by atoms with Gasteiger partial charge in [-0.05, 0) is 43.9 Å². The third-order valence-corrected chi connectivity index (χ3v) is 7.08. The minimum Gasteiger partial charge on any atom is -0.369 e. The number of carbonyl (C=O) groups excluding carboxylic acids is 1. The van der Waals surface area contributed by atoms with E-state index in [2.05, 4.69) is 42.9 Å². The number of amides is 1. The molecule has 7 nitrogen and oxygen atoms in total. The van der Waals surface area contributed by atoms with Crippen molar-refractivity contribution >= 4 is 28.3 Å². The van der Waals surface area contributed by atoms with Crippen LogP contribution in [-0.4, -0.2) is 84.6 Å². The van der Waals surface area contributed by atoms with Gasteiger partial charge in [-0.25, -0.2) is 9.97 Å². The fourth-order valence-corrected chi connectivity index (χ4v) is 5.17. The number of hydrogen-bond donors (Lipinski definition) is 0. The fraction of sp³-hybridized carbons (Fsp3) is 0.609. The van der Waals surface area contributed by atoms with Gasteiger partial charge in [0.15, 0.2) is 0 Å². The second kappa shape index (κ2) is 8.38. The minimum atomic E-state index is 0.303. The maximum absolute atomic E-state index is 12.0. The van der Waals surface area contributed by atoms with E-state index >= 15 is 0 Å². The van der Waals surface area contributed by atoms with E-state index in [0.717, 1.165) is 70.0 Å². The number of likely N-dealkylation sites (N-methyl/N-ethyl adjacent to an activating group) is 1. The molecule has 0 spiro atoms. The summed E-state index contributed by atoms with van der Waals surface area (Å²) in [5.41, 5.74) is 2.29. The molecule has 1 aromatic carbocycles. The van der Waals surface area contributed by atoms with E-state index in [1.165, 1.54) is 23.9 Å². The van der Waals surface area contributed by atoms with Crippen molar-refractivity contribution in [3.63, 3.8) is 0 Å². The van der Waals surface area contributed by atoms with Crippen molar-refractivity contribution < 1.29 is 4.79 Å². The molecule has 4 heterocycles. The molecule has 0 bridgehead atoms. The van der Waals surface area contributed by atoms with E-state index in [9.17, 15) is 4.79 Å². The lowest BCUT2D eigenvalue weighted by Crippen LogP contribution is -2.52. The monoisotopic (exact) mass is 408 g/mol. The third-order valence-electron chi connectivity index (χ3n) is 7.08. The highest BCUT2D eigenvalue weighted by molar-refractivity contribution is 5.92.